The minimum atomic E-state index is -1.61. The number of aliphatic hydroxyl groups is 1. The second-order valence-corrected chi connectivity index (χ2v) is 5.03. The number of carbonyl (C=O) groups excluding carboxylic acids is 1. The molecular weight excluding hydrogens is 301 g/mol. The normalized spacial score (nSPS) is 13.2. The van der Waals surface area contributed by atoms with Crippen molar-refractivity contribution in [2.24, 2.45) is 0 Å². The third kappa shape index (κ3) is 6.38. The first-order valence-electron chi connectivity index (χ1n) is 7.53. The van der Waals surface area contributed by atoms with Crippen LogP contribution in [0.4, 0.5) is 9.18 Å². The van der Waals surface area contributed by atoms with Crippen molar-refractivity contribution in [3.63, 3.8) is 0 Å². The van der Waals surface area contributed by atoms with Crippen molar-refractivity contribution in [2.45, 2.75) is 38.1 Å². The molecule has 1 aromatic rings. The fourth-order valence-corrected chi connectivity index (χ4v) is 2.17. The van der Waals surface area contributed by atoms with Crippen LogP contribution in [0.15, 0.2) is 43.0 Å². The first-order chi connectivity index (χ1) is 11.1. The van der Waals surface area contributed by atoms with Gasteiger partial charge >= 0.3 is 6.09 Å². The number of unbranched alkanes of at least 4 members (excludes halogenated alkanes) is 1. The monoisotopic (exact) mass is 325 g/mol. The number of hydrogen-bond acceptors (Lipinski definition) is 4. The Morgan fingerprint density at radius 2 is 2.13 bits per heavy atom. The molecule has 1 rings (SSSR count). The molecule has 0 radical (unpaired) electrons. The Labute approximate surface area is 136 Å². The zero-order chi connectivity index (χ0) is 17.1. The quantitative estimate of drug-likeness (QED) is 0.407. The molecular formula is C17H24FNO4. The van der Waals surface area contributed by atoms with E-state index in [0.29, 0.717) is 19.3 Å². The van der Waals surface area contributed by atoms with Crippen LogP contribution >= 0.6 is 0 Å². The number of carbonyl (C=O) groups is 1. The standard InChI is InChI=1S/C17H24FNO4/c1-3-4-6-11-16(15(18)12-20)19(22-2)17(21)23-13-14-9-7-5-8-10-14/h3,5,7-10,15-16,20H,1,4,6,11-13H2,2H3/t15-,16-/m1/s1. The van der Waals surface area contributed by atoms with E-state index in [2.05, 4.69) is 6.58 Å². The number of allylic oxidation sites excluding steroid dienone is 1. The van der Waals surface area contributed by atoms with Crippen LogP contribution in [0, 0.1) is 0 Å². The molecule has 0 heterocycles. The number of aliphatic hydroxyl groups excluding tert-OH is 1. The SMILES string of the molecule is C=CCCC[C@H]([C@H](F)CO)N(OC)C(=O)OCc1ccccc1. The first-order valence-corrected chi connectivity index (χ1v) is 7.53. The fraction of sp³-hybridized carbons (Fsp3) is 0.471. The van der Waals surface area contributed by atoms with Crippen LogP contribution in [0.3, 0.4) is 0 Å². The van der Waals surface area contributed by atoms with Gasteiger partial charge in [-0.1, -0.05) is 36.4 Å². The van der Waals surface area contributed by atoms with Gasteiger partial charge in [-0.2, -0.15) is 5.06 Å². The molecule has 1 aromatic carbocycles. The summed E-state index contributed by atoms with van der Waals surface area (Å²) in [7, 11) is 1.27. The highest BCUT2D eigenvalue weighted by atomic mass is 19.1. The zero-order valence-electron chi connectivity index (χ0n) is 13.4. The Balaban J connectivity index is 2.67. The van der Waals surface area contributed by atoms with E-state index in [1.54, 1.807) is 6.08 Å². The van der Waals surface area contributed by atoms with Crippen molar-refractivity contribution in [1.82, 2.24) is 5.06 Å². The Morgan fingerprint density at radius 3 is 2.70 bits per heavy atom. The number of benzene rings is 1. The molecule has 1 amide bonds. The van der Waals surface area contributed by atoms with Gasteiger partial charge in [0, 0.05) is 0 Å². The summed E-state index contributed by atoms with van der Waals surface area (Å²) >= 11 is 0. The maximum Gasteiger partial charge on any atom is 0.434 e. The predicted molar refractivity (Wildman–Crippen MR) is 85.3 cm³/mol. The lowest BCUT2D eigenvalue weighted by Gasteiger charge is -2.30. The van der Waals surface area contributed by atoms with Gasteiger partial charge in [-0.15, -0.1) is 6.58 Å². The van der Waals surface area contributed by atoms with E-state index < -0.39 is 24.9 Å². The zero-order valence-corrected chi connectivity index (χ0v) is 13.4. The van der Waals surface area contributed by atoms with Gasteiger partial charge in [-0.3, -0.25) is 4.84 Å². The van der Waals surface area contributed by atoms with E-state index >= 15 is 0 Å². The van der Waals surface area contributed by atoms with Crippen molar-refractivity contribution >= 4 is 6.09 Å². The molecule has 0 unspecified atom stereocenters. The minimum absolute atomic E-state index is 0.0645. The Morgan fingerprint density at radius 1 is 1.43 bits per heavy atom. The van der Waals surface area contributed by atoms with E-state index in [9.17, 15) is 9.18 Å². The molecule has 0 saturated heterocycles. The molecule has 5 nitrogen and oxygen atoms in total. The number of amides is 1. The van der Waals surface area contributed by atoms with E-state index in [1.807, 2.05) is 30.3 Å². The Kier molecular flexibility index (Phi) is 8.94. The highest BCUT2D eigenvalue weighted by Gasteiger charge is 2.32. The van der Waals surface area contributed by atoms with Crippen LogP contribution in [-0.2, 0) is 16.2 Å². The number of hydroxylamine groups is 2. The Bertz CT molecular complexity index is 469. The molecule has 23 heavy (non-hydrogen) atoms. The number of nitrogens with zero attached hydrogens (tertiary/aromatic N) is 1. The highest BCUT2D eigenvalue weighted by Crippen LogP contribution is 2.18. The fourth-order valence-electron chi connectivity index (χ4n) is 2.17. The smallest absolute Gasteiger partial charge is 0.434 e. The number of ether oxygens (including phenoxy) is 1. The first kappa shape index (κ1) is 19.1. The van der Waals surface area contributed by atoms with Gasteiger partial charge in [-0.25, -0.2) is 9.18 Å². The van der Waals surface area contributed by atoms with E-state index in [4.69, 9.17) is 14.7 Å². The Hall–Kier alpha value is -1.92. The summed E-state index contributed by atoms with van der Waals surface area (Å²) in [6.07, 6.45) is 0.974. The van der Waals surface area contributed by atoms with Crippen LogP contribution in [0.2, 0.25) is 0 Å². The molecule has 0 saturated carbocycles. The maximum absolute atomic E-state index is 14.0. The molecule has 128 valence electrons. The van der Waals surface area contributed by atoms with Crippen LogP contribution in [-0.4, -0.2) is 42.2 Å². The van der Waals surface area contributed by atoms with Crippen LogP contribution in [0.25, 0.3) is 0 Å². The molecule has 0 aromatic heterocycles. The van der Waals surface area contributed by atoms with E-state index in [-0.39, 0.29) is 6.61 Å². The van der Waals surface area contributed by atoms with Gasteiger partial charge < -0.3 is 9.84 Å². The lowest BCUT2D eigenvalue weighted by Crippen LogP contribution is -2.46. The summed E-state index contributed by atoms with van der Waals surface area (Å²) in [4.78, 5) is 17.2. The molecule has 0 aliphatic carbocycles. The number of alkyl halides is 1. The van der Waals surface area contributed by atoms with Crippen molar-refractivity contribution in [2.75, 3.05) is 13.7 Å². The highest BCUT2D eigenvalue weighted by molar-refractivity contribution is 5.66. The van der Waals surface area contributed by atoms with E-state index in [1.165, 1.54) is 7.11 Å². The van der Waals surface area contributed by atoms with Crippen molar-refractivity contribution in [3.05, 3.63) is 48.6 Å². The second kappa shape index (κ2) is 10.7. The summed E-state index contributed by atoms with van der Waals surface area (Å²) in [6, 6.07) is 8.25. The van der Waals surface area contributed by atoms with Crippen molar-refractivity contribution < 1.29 is 23.9 Å². The van der Waals surface area contributed by atoms with Crippen LogP contribution < -0.4 is 0 Å². The molecule has 0 spiro atoms. The number of halogens is 1. The number of hydrogen-bond donors (Lipinski definition) is 1. The largest absolute Gasteiger partial charge is 0.443 e. The lowest BCUT2D eigenvalue weighted by molar-refractivity contribution is -0.157. The summed E-state index contributed by atoms with van der Waals surface area (Å²) in [5.74, 6) is 0. The van der Waals surface area contributed by atoms with E-state index in [0.717, 1.165) is 10.6 Å². The summed E-state index contributed by atoms with van der Waals surface area (Å²) in [5.41, 5.74) is 0.819. The third-order valence-electron chi connectivity index (χ3n) is 3.38. The van der Waals surface area contributed by atoms with Crippen molar-refractivity contribution in [3.8, 4) is 0 Å². The molecule has 0 bridgehead atoms. The number of rotatable bonds is 10. The summed E-state index contributed by atoms with van der Waals surface area (Å²) < 4.78 is 19.1. The summed E-state index contributed by atoms with van der Waals surface area (Å²) in [5, 5.41) is 9.92. The third-order valence-corrected chi connectivity index (χ3v) is 3.38. The van der Waals surface area contributed by atoms with Gasteiger partial charge in [0.1, 0.15) is 12.8 Å². The molecule has 6 heteroatoms. The van der Waals surface area contributed by atoms with Gasteiger partial charge in [0.15, 0.2) is 0 Å². The molecule has 0 fully saturated rings. The average Bonchev–Trinajstić information content (AvgIpc) is 2.59. The van der Waals surface area contributed by atoms with Crippen molar-refractivity contribution in [1.29, 1.82) is 0 Å². The van der Waals surface area contributed by atoms with Crippen LogP contribution in [0.5, 0.6) is 0 Å². The van der Waals surface area contributed by atoms with Crippen LogP contribution in [0.1, 0.15) is 24.8 Å². The van der Waals surface area contributed by atoms with Gasteiger partial charge in [0.2, 0.25) is 0 Å². The molecule has 2 atom stereocenters. The molecule has 0 aliphatic rings. The van der Waals surface area contributed by atoms with Gasteiger partial charge in [0.05, 0.1) is 19.8 Å². The molecule has 0 aliphatic heterocycles. The van der Waals surface area contributed by atoms with Gasteiger partial charge in [-0.05, 0) is 24.8 Å². The molecule has 1 N–H and O–H groups in total. The maximum atomic E-state index is 14.0. The predicted octanol–water partition coefficient (Wildman–Crippen LogP) is 3.24. The van der Waals surface area contributed by atoms with Gasteiger partial charge in [0.25, 0.3) is 0 Å². The summed E-state index contributed by atoms with van der Waals surface area (Å²) in [6.45, 7) is 2.98. The average molecular weight is 325 g/mol. The second-order valence-electron chi connectivity index (χ2n) is 5.03. The minimum Gasteiger partial charge on any atom is -0.443 e. The lowest BCUT2D eigenvalue weighted by atomic mass is 10.1. The topological polar surface area (TPSA) is 59.0 Å².